The number of benzene rings is 2. The van der Waals surface area contributed by atoms with Crippen molar-refractivity contribution in [1.29, 1.82) is 0 Å². The highest BCUT2D eigenvalue weighted by atomic mass is 16.5. The third kappa shape index (κ3) is 5.48. The molecule has 1 heterocycles. The van der Waals surface area contributed by atoms with Crippen molar-refractivity contribution in [2.45, 2.75) is 20.4 Å². The number of anilines is 2. The lowest BCUT2D eigenvalue weighted by molar-refractivity contribution is -0.117. The molecule has 0 saturated heterocycles. The summed E-state index contributed by atoms with van der Waals surface area (Å²) in [5.74, 6) is -0.548. The Balaban J connectivity index is 1.60. The Hall–Kier alpha value is -4.21. The van der Waals surface area contributed by atoms with Crippen molar-refractivity contribution in [3.05, 3.63) is 65.5 Å². The molecule has 166 valence electrons. The monoisotopic (exact) mass is 437 g/mol. The Morgan fingerprint density at radius 1 is 0.969 bits per heavy atom. The minimum absolute atomic E-state index is 0.118. The zero-order chi connectivity index (χ0) is 23.1. The van der Waals surface area contributed by atoms with Gasteiger partial charge in [0.05, 0.1) is 25.0 Å². The lowest BCUT2D eigenvalue weighted by Crippen LogP contribution is -2.21. The van der Waals surface area contributed by atoms with Crippen LogP contribution in [-0.4, -0.2) is 46.5 Å². The van der Waals surface area contributed by atoms with Crippen LogP contribution in [0.25, 0.3) is 0 Å². The average Bonchev–Trinajstić information content (AvgIpc) is 3.15. The first-order valence-electron chi connectivity index (χ1n) is 9.83. The lowest BCUT2D eigenvalue weighted by atomic mass is 10.2. The van der Waals surface area contributed by atoms with E-state index in [9.17, 15) is 14.4 Å². The Kier molecular flexibility index (Phi) is 7.17. The summed E-state index contributed by atoms with van der Waals surface area (Å²) in [4.78, 5) is 36.6. The molecule has 0 fully saturated rings. The van der Waals surface area contributed by atoms with E-state index in [0.717, 1.165) is 0 Å². The normalized spacial score (nSPS) is 10.3. The minimum atomic E-state index is -0.436. The molecular formula is C22H23N5O5. The second-order valence-electron chi connectivity index (χ2n) is 6.71. The van der Waals surface area contributed by atoms with Crippen molar-refractivity contribution in [2.75, 3.05) is 24.4 Å². The van der Waals surface area contributed by atoms with Crippen LogP contribution in [0.5, 0.6) is 5.75 Å². The molecule has 0 aliphatic carbocycles. The molecule has 3 rings (SSSR count). The maximum atomic E-state index is 12.5. The predicted octanol–water partition coefficient (Wildman–Crippen LogP) is 2.66. The third-order valence-corrected chi connectivity index (χ3v) is 4.52. The molecule has 10 heteroatoms. The van der Waals surface area contributed by atoms with Crippen LogP contribution in [0, 0.1) is 6.92 Å². The summed E-state index contributed by atoms with van der Waals surface area (Å²) >= 11 is 0. The molecule has 0 aliphatic rings. The molecule has 0 atom stereocenters. The lowest BCUT2D eigenvalue weighted by Gasteiger charge is -2.08. The van der Waals surface area contributed by atoms with Gasteiger partial charge in [0.1, 0.15) is 12.3 Å². The molecule has 0 aliphatic heterocycles. The second-order valence-corrected chi connectivity index (χ2v) is 6.71. The molecule has 2 aromatic carbocycles. The molecule has 2 amide bonds. The molecule has 1 aromatic heterocycles. The van der Waals surface area contributed by atoms with Gasteiger partial charge in [0, 0.05) is 11.4 Å². The number of carbonyl (C=O) groups excluding carboxylic acids is 3. The molecule has 10 nitrogen and oxygen atoms in total. The van der Waals surface area contributed by atoms with Gasteiger partial charge < -0.3 is 20.1 Å². The topological polar surface area (TPSA) is 124 Å². The van der Waals surface area contributed by atoms with E-state index >= 15 is 0 Å². The standard InChI is InChI=1S/C22H23N5O5/c1-4-32-22(30)15-5-7-16(8-6-15)23-19(28)13-27-14(2)20(25-26-27)21(29)24-17-9-11-18(31-3)12-10-17/h5-12H,4,13H2,1-3H3,(H,23,28)(H,24,29). The molecule has 2 N–H and O–H groups in total. The Morgan fingerprint density at radius 3 is 2.22 bits per heavy atom. The number of amides is 2. The van der Waals surface area contributed by atoms with Crippen molar-refractivity contribution in [1.82, 2.24) is 15.0 Å². The predicted molar refractivity (Wildman–Crippen MR) is 117 cm³/mol. The summed E-state index contributed by atoms with van der Waals surface area (Å²) in [6.45, 7) is 3.54. The fourth-order valence-corrected chi connectivity index (χ4v) is 2.83. The van der Waals surface area contributed by atoms with E-state index in [1.165, 1.54) is 4.68 Å². The first kappa shape index (κ1) is 22.5. The number of nitrogens with zero attached hydrogens (tertiary/aromatic N) is 3. The zero-order valence-electron chi connectivity index (χ0n) is 17.9. The Morgan fingerprint density at radius 2 is 1.59 bits per heavy atom. The maximum Gasteiger partial charge on any atom is 0.338 e. The molecular weight excluding hydrogens is 414 g/mol. The summed E-state index contributed by atoms with van der Waals surface area (Å²) in [6.07, 6.45) is 0. The van der Waals surface area contributed by atoms with Gasteiger partial charge in [-0.15, -0.1) is 5.10 Å². The van der Waals surface area contributed by atoms with Crippen LogP contribution < -0.4 is 15.4 Å². The van der Waals surface area contributed by atoms with Crippen LogP contribution in [0.15, 0.2) is 48.5 Å². The highest BCUT2D eigenvalue weighted by molar-refractivity contribution is 6.03. The third-order valence-electron chi connectivity index (χ3n) is 4.52. The zero-order valence-corrected chi connectivity index (χ0v) is 17.9. The first-order valence-corrected chi connectivity index (χ1v) is 9.83. The van der Waals surface area contributed by atoms with Crippen molar-refractivity contribution in [3.63, 3.8) is 0 Å². The van der Waals surface area contributed by atoms with Crippen LogP contribution >= 0.6 is 0 Å². The van der Waals surface area contributed by atoms with Crippen molar-refractivity contribution >= 4 is 29.2 Å². The largest absolute Gasteiger partial charge is 0.497 e. The SMILES string of the molecule is CCOC(=O)c1ccc(NC(=O)Cn2nnc(C(=O)Nc3ccc(OC)cc3)c2C)cc1. The van der Waals surface area contributed by atoms with Gasteiger partial charge in [-0.1, -0.05) is 5.21 Å². The van der Waals surface area contributed by atoms with Gasteiger partial charge >= 0.3 is 5.97 Å². The van der Waals surface area contributed by atoms with Crippen LogP contribution in [0.2, 0.25) is 0 Å². The summed E-state index contributed by atoms with van der Waals surface area (Å²) in [6, 6.07) is 13.2. The molecule has 32 heavy (non-hydrogen) atoms. The number of esters is 1. The smallest absolute Gasteiger partial charge is 0.338 e. The first-order chi connectivity index (χ1) is 15.4. The number of ether oxygens (including phenoxy) is 2. The van der Waals surface area contributed by atoms with Crippen molar-refractivity contribution in [2.24, 2.45) is 0 Å². The summed E-state index contributed by atoms with van der Waals surface area (Å²) < 4.78 is 11.4. The highest BCUT2D eigenvalue weighted by Gasteiger charge is 2.18. The van der Waals surface area contributed by atoms with Gasteiger partial charge in [0.25, 0.3) is 5.91 Å². The summed E-state index contributed by atoms with van der Waals surface area (Å²) in [7, 11) is 1.56. The summed E-state index contributed by atoms with van der Waals surface area (Å²) in [5.41, 5.74) is 2.05. The number of methoxy groups -OCH3 is 1. The van der Waals surface area contributed by atoms with E-state index in [-0.39, 0.29) is 24.8 Å². The van der Waals surface area contributed by atoms with Crippen molar-refractivity contribution in [3.8, 4) is 5.75 Å². The van der Waals surface area contributed by atoms with Gasteiger partial charge in [-0.3, -0.25) is 9.59 Å². The van der Waals surface area contributed by atoms with Gasteiger partial charge in [0.15, 0.2) is 5.69 Å². The fraction of sp³-hybridized carbons (Fsp3) is 0.227. The highest BCUT2D eigenvalue weighted by Crippen LogP contribution is 2.16. The van der Waals surface area contributed by atoms with E-state index in [2.05, 4.69) is 20.9 Å². The number of hydrogen-bond donors (Lipinski definition) is 2. The van der Waals surface area contributed by atoms with Gasteiger partial charge in [-0.25, -0.2) is 9.48 Å². The maximum absolute atomic E-state index is 12.5. The van der Waals surface area contributed by atoms with E-state index in [4.69, 9.17) is 9.47 Å². The average molecular weight is 437 g/mol. The van der Waals surface area contributed by atoms with E-state index < -0.39 is 11.9 Å². The molecule has 0 radical (unpaired) electrons. The van der Waals surface area contributed by atoms with Gasteiger partial charge in [-0.05, 0) is 62.4 Å². The number of carbonyl (C=O) groups is 3. The van der Waals surface area contributed by atoms with Crippen LogP contribution in [-0.2, 0) is 16.1 Å². The van der Waals surface area contributed by atoms with Crippen LogP contribution in [0.3, 0.4) is 0 Å². The van der Waals surface area contributed by atoms with Crippen LogP contribution in [0.4, 0.5) is 11.4 Å². The summed E-state index contributed by atoms with van der Waals surface area (Å²) in [5, 5.41) is 13.3. The van der Waals surface area contributed by atoms with E-state index in [1.54, 1.807) is 69.5 Å². The number of nitrogens with one attached hydrogen (secondary N) is 2. The van der Waals surface area contributed by atoms with Gasteiger partial charge in [-0.2, -0.15) is 0 Å². The van der Waals surface area contributed by atoms with E-state index in [1.807, 2.05) is 0 Å². The molecule has 3 aromatic rings. The molecule has 0 bridgehead atoms. The molecule has 0 spiro atoms. The Labute approximate surface area is 184 Å². The number of rotatable bonds is 8. The number of hydrogen-bond acceptors (Lipinski definition) is 7. The number of aromatic nitrogens is 3. The van der Waals surface area contributed by atoms with Crippen LogP contribution in [0.1, 0.15) is 33.5 Å². The molecule has 0 saturated carbocycles. The quantitative estimate of drug-likeness (QED) is 0.519. The van der Waals surface area contributed by atoms with Crippen molar-refractivity contribution < 1.29 is 23.9 Å². The Bertz CT molecular complexity index is 1110. The van der Waals surface area contributed by atoms with E-state index in [0.29, 0.717) is 28.4 Å². The second kappa shape index (κ2) is 10.2. The fourth-order valence-electron chi connectivity index (χ4n) is 2.83. The molecule has 0 unspecified atom stereocenters. The van der Waals surface area contributed by atoms with Gasteiger partial charge in [0.2, 0.25) is 5.91 Å². The minimum Gasteiger partial charge on any atom is -0.497 e.